The average Bonchev–Trinajstić information content (AvgIpc) is 3.10. The van der Waals surface area contributed by atoms with Crippen LogP contribution in [-0.4, -0.2) is 32.6 Å². The Labute approximate surface area is 157 Å². The van der Waals surface area contributed by atoms with Crippen molar-refractivity contribution in [2.75, 3.05) is 0 Å². The second-order valence-electron chi connectivity index (χ2n) is 5.90. The molecule has 0 fully saturated rings. The fourth-order valence-corrected chi connectivity index (χ4v) is 2.47. The third-order valence-electron chi connectivity index (χ3n) is 3.80. The first-order valence-electron chi connectivity index (χ1n) is 8.14. The van der Waals surface area contributed by atoms with E-state index in [-0.39, 0.29) is 34.8 Å². The Morgan fingerprint density at radius 2 is 2.07 bits per heavy atom. The number of carbonyl (C=O) groups excluding carboxylic acids is 1. The Bertz CT molecular complexity index is 976. The predicted molar refractivity (Wildman–Crippen MR) is 90.8 cm³/mol. The molecule has 1 aromatic carbocycles. The molecule has 1 unspecified atom stereocenters. The number of hydrogen-bond donors (Lipinski definition) is 2. The number of amides is 1. The van der Waals surface area contributed by atoms with Gasteiger partial charge in [-0.15, -0.1) is 0 Å². The Morgan fingerprint density at radius 1 is 1.29 bits per heavy atom. The van der Waals surface area contributed by atoms with E-state index in [1.165, 1.54) is 18.2 Å². The topological polar surface area (TPSA) is 101 Å². The lowest BCUT2D eigenvalue weighted by atomic mass is 9.99. The maximum atomic E-state index is 13.1. The maximum Gasteiger partial charge on any atom is 0.268 e. The van der Waals surface area contributed by atoms with Crippen LogP contribution < -0.4 is 5.32 Å². The van der Waals surface area contributed by atoms with E-state index >= 15 is 0 Å². The van der Waals surface area contributed by atoms with Crippen molar-refractivity contribution in [3.8, 4) is 11.3 Å². The molecule has 0 bridgehead atoms. The van der Waals surface area contributed by atoms with E-state index in [1.807, 2.05) is 0 Å². The molecule has 3 rings (SSSR count). The van der Waals surface area contributed by atoms with Crippen LogP contribution in [0.15, 0.2) is 41.1 Å². The third kappa shape index (κ3) is 4.52. The SMILES string of the molecule is Cc1nc(CNC(=O)c2cc(-c3ccc(F)cn3)cc(C(O)C(F)F)c2)no1. The first kappa shape index (κ1) is 19.5. The Balaban J connectivity index is 1.91. The summed E-state index contributed by atoms with van der Waals surface area (Å²) in [5, 5.41) is 15.9. The standard InChI is InChI=1S/C18H15F3N4O3/c1-9-24-15(25-28-9)8-23-18(27)12-5-10(14-3-2-13(19)7-22-14)4-11(6-12)16(26)17(20)21/h2-7,16-17,26H,8H2,1H3,(H,23,27). The fraction of sp³-hybridized carbons (Fsp3) is 0.222. The largest absolute Gasteiger partial charge is 0.382 e. The van der Waals surface area contributed by atoms with Crippen LogP contribution in [0.2, 0.25) is 0 Å². The molecule has 0 aliphatic carbocycles. The molecule has 146 valence electrons. The highest BCUT2D eigenvalue weighted by Gasteiger charge is 2.22. The van der Waals surface area contributed by atoms with Crippen LogP contribution in [0.5, 0.6) is 0 Å². The molecule has 2 N–H and O–H groups in total. The molecule has 28 heavy (non-hydrogen) atoms. The first-order valence-corrected chi connectivity index (χ1v) is 8.14. The number of carbonyl (C=O) groups is 1. The van der Waals surface area contributed by atoms with Gasteiger partial charge in [-0.3, -0.25) is 9.78 Å². The zero-order valence-electron chi connectivity index (χ0n) is 14.6. The Morgan fingerprint density at radius 3 is 2.68 bits per heavy atom. The predicted octanol–water partition coefficient (Wildman–Crippen LogP) is 2.81. The van der Waals surface area contributed by atoms with E-state index in [9.17, 15) is 23.1 Å². The highest BCUT2D eigenvalue weighted by molar-refractivity contribution is 5.95. The molecule has 10 heteroatoms. The Hall–Kier alpha value is -3.27. The van der Waals surface area contributed by atoms with Crippen molar-refractivity contribution >= 4 is 5.91 Å². The van der Waals surface area contributed by atoms with Crippen molar-refractivity contribution in [3.63, 3.8) is 0 Å². The van der Waals surface area contributed by atoms with Gasteiger partial charge >= 0.3 is 0 Å². The lowest BCUT2D eigenvalue weighted by Crippen LogP contribution is -2.24. The number of benzene rings is 1. The van der Waals surface area contributed by atoms with Crippen molar-refractivity contribution in [1.29, 1.82) is 0 Å². The van der Waals surface area contributed by atoms with Crippen LogP contribution in [0.3, 0.4) is 0 Å². The van der Waals surface area contributed by atoms with E-state index in [0.717, 1.165) is 18.3 Å². The molecule has 1 atom stereocenters. The van der Waals surface area contributed by atoms with Crippen molar-refractivity contribution in [1.82, 2.24) is 20.4 Å². The molecule has 3 aromatic rings. The number of hydrogen-bond acceptors (Lipinski definition) is 6. The number of rotatable bonds is 6. The summed E-state index contributed by atoms with van der Waals surface area (Å²) in [5.41, 5.74) is 0.378. The van der Waals surface area contributed by atoms with E-state index in [2.05, 4.69) is 20.4 Å². The van der Waals surface area contributed by atoms with Crippen molar-refractivity contribution in [2.45, 2.75) is 26.0 Å². The van der Waals surface area contributed by atoms with Gasteiger partial charge in [0.25, 0.3) is 12.3 Å². The summed E-state index contributed by atoms with van der Waals surface area (Å²) in [4.78, 5) is 20.3. The van der Waals surface area contributed by atoms with Crippen LogP contribution >= 0.6 is 0 Å². The number of aliphatic hydroxyl groups is 1. The minimum atomic E-state index is -3.05. The maximum absolute atomic E-state index is 13.1. The molecule has 0 spiro atoms. The van der Waals surface area contributed by atoms with E-state index in [0.29, 0.717) is 5.89 Å². The average molecular weight is 392 g/mol. The summed E-state index contributed by atoms with van der Waals surface area (Å²) < 4.78 is 43.8. The monoisotopic (exact) mass is 392 g/mol. The zero-order valence-corrected chi connectivity index (χ0v) is 14.6. The molecule has 0 aliphatic rings. The number of halogens is 3. The summed E-state index contributed by atoms with van der Waals surface area (Å²) in [5.74, 6) is -0.596. The molecule has 0 aliphatic heterocycles. The van der Waals surface area contributed by atoms with Gasteiger partial charge in [-0.25, -0.2) is 13.2 Å². The first-order chi connectivity index (χ1) is 13.3. The summed E-state index contributed by atoms with van der Waals surface area (Å²) in [6.07, 6.45) is -4.18. The van der Waals surface area contributed by atoms with Gasteiger partial charge in [0.05, 0.1) is 18.4 Å². The number of alkyl halides is 2. The molecule has 2 heterocycles. The van der Waals surface area contributed by atoms with Crippen molar-refractivity contribution < 1.29 is 27.6 Å². The minimum absolute atomic E-state index is 0.0125. The minimum Gasteiger partial charge on any atom is -0.382 e. The van der Waals surface area contributed by atoms with Gasteiger partial charge in [-0.1, -0.05) is 5.16 Å². The second kappa shape index (κ2) is 8.17. The van der Waals surface area contributed by atoms with Gasteiger partial charge in [0.1, 0.15) is 11.9 Å². The number of pyridine rings is 1. The van der Waals surface area contributed by atoms with Gasteiger partial charge < -0.3 is 14.9 Å². The van der Waals surface area contributed by atoms with Crippen LogP contribution in [0.25, 0.3) is 11.3 Å². The van der Waals surface area contributed by atoms with E-state index in [1.54, 1.807) is 6.92 Å². The summed E-state index contributed by atoms with van der Waals surface area (Å²) in [7, 11) is 0. The number of nitrogens with one attached hydrogen (secondary N) is 1. The quantitative estimate of drug-likeness (QED) is 0.669. The van der Waals surface area contributed by atoms with Crippen LogP contribution in [-0.2, 0) is 6.54 Å². The van der Waals surface area contributed by atoms with Crippen LogP contribution in [0.1, 0.15) is 33.7 Å². The van der Waals surface area contributed by atoms with Crippen LogP contribution in [0, 0.1) is 12.7 Å². The molecular weight excluding hydrogens is 377 g/mol. The molecular formula is C18H15F3N4O3. The molecule has 7 nitrogen and oxygen atoms in total. The second-order valence-corrected chi connectivity index (χ2v) is 5.90. The zero-order chi connectivity index (χ0) is 20.3. The molecule has 0 radical (unpaired) electrons. The summed E-state index contributed by atoms with van der Waals surface area (Å²) in [6.45, 7) is 1.55. The number of aliphatic hydroxyl groups excluding tert-OH is 1. The highest BCUT2D eigenvalue weighted by Crippen LogP contribution is 2.27. The van der Waals surface area contributed by atoms with Crippen LogP contribution in [0.4, 0.5) is 13.2 Å². The lowest BCUT2D eigenvalue weighted by molar-refractivity contribution is -0.00578. The molecule has 1 amide bonds. The van der Waals surface area contributed by atoms with E-state index < -0.39 is 24.3 Å². The van der Waals surface area contributed by atoms with Gasteiger partial charge in [0, 0.05) is 18.1 Å². The van der Waals surface area contributed by atoms with E-state index in [4.69, 9.17) is 4.52 Å². The van der Waals surface area contributed by atoms with Gasteiger partial charge in [0.2, 0.25) is 5.89 Å². The van der Waals surface area contributed by atoms with Gasteiger partial charge in [-0.2, -0.15) is 4.98 Å². The number of nitrogens with zero attached hydrogens (tertiary/aromatic N) is 3. The third-order valence-corrected chi connectivity index (χ3v) is 3.80. The molecule has 0 saturated heterocycles. The molecule has 2 aromatic heterocycles. The fourth-order valence-electron chi connectivity index (χ4n) is 2.47. The lowest BCUT2D eigenvalue weighted by Gasteiger charge is -2.14. The number of aromatic nitrogens is 3. The molecule has 0 saturated carbocycles. The summed E-state index contributed by atoms with van der Waals surface area (Å²) >= 11 is 0. The van der Waals surface area contributed by atoms with Crippen molar-refractivity contribution in [2.24, 2.45) is 0 Å². The normalized spacial score (nSPS) is 12.2. The van der Waals surface area contributed by atoms with Gasteiger partial charge in [0.15, 0.2) is 5.82 Å². The van der Waals surface area contributed by atoms with Gasteiger partial charge in [-0.05, 0) is 35.9 Å². The highest BCUT2D eigenvalue weighted by atomic mass is 19.3. The van der Waals surface area contributed by atoms with Crippen molar-refractivity contribution in [3.05, 3.63) is 65.2 Å². The smallest absolute Gasteiger partial charge is 0.268 e. The number of aryl methyl sites for hydroxylation is 1. The Kier molecular flexibility index (Phi) is 5.69. The summed E-state index contributed by atoms with van der Waals surface area (Å²) in [6, 6.07) is 6.32.